The molecule has 1 aromatic carbocycles. The van der Waals surface area contributed by atoms with Crippen LogP contribution >= 0.6 is 0 Å². The SMILES string of the molecule is CN(Cc1ccc2c(c1)OCO2)C(=O)[C@@H]1CCC[C@@H]1N. The molecular formula is C15H20N2O3. The van der Waals surface area contributed by atoms with Crippen LogP contribution in [0.5, 0.6) is 11.5 Å². The first kappa shape index (κ1) is 13.2. The lowest BCUT2D eigenvalue weighted by atomic mass is 10.0. The lowest BCUT2D eigenvalue weighted by Crippen LogP contribution is -2.39. The smallest absolute Gasteiger partial charge is 0.231 e. The third kappa shape index (κ3) is 2.45. The highest BCUT2D eigenvalue weighted by molar-refractivity contribution is 5.79. The summed E-state index contributed by atoms with van der Waals surface area (Å²) in [5.74, 6) is 1.64. The molecule has 20 heavy (non-hydrogen) atoms. The highest BCUT2D eigenvalue weighted by atomic mass is 16.7. The van der Waals surface area contributed by atoms with Crippen LogP contribution in [-0.4, -0.2) is 30.7 Å². The van der Waals surface area contributed by atoms with Crippen molar-refractivity contribution in [2.24, 2.45) is 11.7 Å². The van der Waals surface area contributed by atoms with Crippen LogP contribution in [0.1, 0.15) is 24.8 Å². The van der Waals surface area contributed by atoms with Gasteiger partial charge in [0.1, 0.15) is 0 Å². The molecule has 0 spiro atoms. The first-order valence-corrected chi connectivity index (χ1v) is 7.04. The average Bonchev–Trinajstić information content (AvgIpc) is 3.05. The van der Waals surface area contributed by atoms with Crippen LogP contribution in [-0.2, 0) is 11.3 Å². The summed E-state index contributed by atoms with van der Waals surface area (Å²) in [6, 6.07) is 5.80. The van der Waals surface area contributed by atoms with Gasteiger partial charge < -0.3 is 20.1 Å². The second kappa shape index (κ2) is 5.32. The van der Waals surface area contributed by atoms with Gasteiger partial charge >= 0.3 is 0 Å². The van der Waals surface area contributed by atoms with Gasteiger partial charge in [0, 0.05) is 19.6 Å². The minimum atomic E-state index is -0.0194. The van der Waals surface area contributed by atoms with Gasteiger partial charge in [-0.3, -0.25) is 4.79 Å². The predicted octanol–water partition coefficient (Wildman–Crippen LogP) is 1.50. The Morgan fingerprint density at radius 3 is 2.90 bits per heavy atom. The Morgan fingerprint density at radius 2 is 2.15 bits per heavy atom. The number of ether oxygens (including phenoxy) is 2. The fraction of sp³-hybridized carbons (Fsp3) is 0.533. The van der Waals surface area contributed by atoms with Crippen molar-refractivity contribution in [3.8, 4) is 11.5 Å². The molecule has 0 aromatic heterocycles. The zero-order valence-corrected chi connectivity index (χ0v) is 11.7. The van der Waals surface area contributed by atoms with Gasteiger partial charge in [-0.25, -0.2) is 0 Å². The van der Waals surface area contributed by atoms with E-state index in [2.05, 4.69) is 0 Å². The topological polar surface area (TPSA) is 64.8 Å². The highest BCUT2D eigenvalue weighted by Gasteiger charge is 2.32. The molecule has 108 valence electrons. The Morgan fingerprint density at radius 1 is 1.35 bits per heavy atom. The van der Waals surface area contributed by atoms with Crippen molar-refractivity contribution >= 4 is 5.91 Å². The predicted molar refractivity (Wildman–Crippen MR) is 74.4 cm³/mol. The maximum atomic E-state index is 12.4. The standard InChI is InChI=1S/C15H20N2O3/c1-17(15(18)11-3-2-4-12(11)16)8-10-5-6-13-14(7-10)20-9-19-13/h5-7,11-12H,2-4,8-9,16H2,1H3/t11-,12+/m1/s1. The average molecular weight is 276 g/mol. The van der Waals surface area contributed by atoms with Crippen LogP contribution in [0.4, 0.5) is 0 Å². The number of hydrogen-bond donors (Lipinski definition) is 1. The summed E-state index contributed by atoms with van der Waals surface area (Å²) in [7, 11) is 1.83. The van der Waals surface area contributed by atoms with Crippen LogP contribution in [0.25, 0.3) is 0 Å². The molecule has 0 bridgehead atoms. The van der Waals surface area contributed by atoms with Gasteiger partial charge in [-0.05, 0) is 30.5 Å². The van der Waals surface area contributed by atoms with Crippen molar-refractivity contribution in [3.05, 3.63) is 23.8 Å². The van der Waals surface area contributed by atoms with E-state index in [1.165, 1.54) is 0 Å². The summed E-state index contributed by atoms with van der Waals surface area (Å²) in [5.41, 5.74) is 7.04. The maximum Gasteiger partial charge on any atom is 0.231 e. The summed E-state index contributed by atoms with van der Waals surface area (Å²) in [6.45, 7) is 0.836. The zero-order chi connectivity index (χ0) is 14.1. The molecule has 5 nitrogen and oxygen atoms in total. The number of benzene rings is 1. The molecule has 1 heterocycles. The van der Waals surface area contributed by atoms with E-state index in [9.17, 15) is 4.79 Å². The molecule has 1 fully saturated rings. The molecule has 1 aliphatic heterocycles. The number of carbonyl (C=O) groups is 1. The molecule has 2 atom stereocenters. The van der Waals surface area contributed by atoms with E-state index in [-0.39, 0.29) is 24.7 Å². The largest absolute Gasteiger partial charge is 0.454 e. The molecular weight excluding hydrogens is 256 g/mol. The van der Waals surface area contributed by atoms with Gasteiger partial charge in [0.15, 0.2) is 11.5 Å². The highest BCUT2D eigenvalue weighted by Crippen LogP contribution is 2.33. The first-order valence-electron chi connectivity index (χ1n) is 7.04. The second-order valence-electron chi connectivity index (χ2n) is 5.58. The molecule has 2 aliphatic rings. The van der Waals surface area contributed by atoms with Crippen molar-refractivity contribution in [2.45, 2.75) is 31.8 Å². The molecule has 5 heteroatoms. The normalized spacial score (nSPS) is 23.9. The molecule has 1 saturated carbocycles. The Hall–Kier alpha value is -1.75. The van der Waals surface area contributed by atoms with Crippen LogP contribution in [0.15, 0.2) is 18.2 Å². The van der Waals surface area contributed by atoms with Crippen LogP contribution in [0.3, 0.4) is 0 Å². The second-order valence-corrected chi connectivity index (χ2v) is 5.58. The third-order valence-electron chi connectivity index (χ3n) is 4.12. The Labute approximate surface area is 118 Å². The Bertz CT molecular complexity index is 518. The number of amides is 1. The lowest BCUT2D eigenvalue weighted by molar-refractivity contribution is -0.134. The molecule has 1 amide bonds. The van der Waals surface area contributed by atoms with Crippen LogP contribution < -0.4 is 15.2 Å². The minimum Gasteiger partial charge on any atom is -0.454 e. The molecule has 0 unspecified atom stereocenters. The maximum absolute atomic E-state index is 12.4. The van der Waals surface area contributed by atoms with E-state index in [4.69, 9.17) is 15.2 Å². The van der Waals surface area contributed by atoms with E-state index in [0.29, 0.717) is 6.54 Å². The molecule has 1 aromatic rings. The molecule has 1 aliphatic carbocycles. The number of fused-ring (bicyclic) bond motifs is 1. The van der Waals surface area contributed by atoms with Crippen LogP contribution in [0, 0.1) is 5.92 Å². The van der Waals surface area contributed by atoms with E-state index in [0.717, 1.165) is 36.3 Å². The third-order valence-corrected chi connectivity index (χ3v) is 4.12. The van der Waals surface area contributed by atoms with Gasteiger partial charge in [-0.2, -0.15) is 0 Å². The van der Waals surface area contributed by atoms with Gasteiger partial charge in [0.2, 0.25) is 12.7 Å². The lowest BCUT2D eigenvalue weighted by Gasteiger charge is -2.23. The quantitative estimate of drug-likeness (QED) is 0.908. The minimum absolute atomic E-state index is 0.0155. The molecule has 0 saturated heterocycles. The van der Waals surface area contributed by atoms with Crippen LogP contribution in [0.2, 0.25) is 0 Å². The fourth-order valence-electron chi connectivity index (χ4n) is 2.97. The van der Waals surface area contributed by atoms with Gasteiger partial charge in [-0.15, -0.1) is 0 Å². The number of nitrogens with two attached hydrogens (primary N) is 1. The number of carbonyl (C=O) groups excluding carboxylic acids is 1. The van der Waals surface area contributed by atoms with Crippen molar-refractivity contribution in [1.82, 2.24) is 4.90 Å². The van der Waals surface area contributed by atoms with E-state index < -0.39 is 0 Å². The van der Waals surface area contributed by atoms with Gasteiger partial charge in [-0.1, -0.05) is 12.5 Å². The summed E-state index contributed by atoms with van der Waals surface area (Å²) in [4.78, 5) is 14.1. The Kier molecular flexibility index (Phi) is 3.53. The van der Waals surface area contributed by atoms with Crippen molar-refractivity contribution in [2.75, 3.05) is 13.8 Å². The van der Waals surface area contributed by atoms with Crippen molar-refractivity contribution < 1.29 is 14.3 Å². The summed E-state index contributed by atoms with van der Waals surface area (Å²) >= 11 is 0. The summed E-state index contributed by atoms with van der Waals surface area (Å²) in [5, 5.41) is 0. The van der Waals surface area contributed by atoms with Gasteiger partial charge in [0.05, 0.1) is 5.92 Å². The van der Waals surface area contributed by atoms with E-state index >= 15 is 0 Å². The summed E-state index contributed by atoms with van der Waals surface area (Å²) in [6.07, 6.45) is 2.91. The van der Waals surface area contributed by atoms with Crippen molar-refractivity contribution in [3.63, 3.8) is 0 Å². The van der Waals surface area contributed by atoms with Crippen molar-refractivity contribution in [1.29, 1.82) is 0 Å². The van der Waals surface area contributed by atoms with E-state index in [1.54, 1.807) is 4.90 Å². The summed E-state index contributed by atoms with van der Waals surface area (Å²) < 4.78 is 10.6. The monoisotopic (exact) mass is 276 g/mol. The molecule has 2 N–H and O–H groups in total. The number of rotatable bonds is 3. The zero-order valence-electron chi connectivity index (χ0n) is 11.7. The molecule has 3 rings (SSSR count). The first-order chi connectivity index (χ1) is 9.65. The van der Waals surface area contributed by atoms with E-state index in [1.807, 2.05) is 25.2 Å². The molecule has 0 radical (unpaired) electrons. The van der Waals surface area contributed by atoms with Gasteiger partial charge in [0.25, 0.3) is 0 Å². The number of hydrogen-bond acceptors (Lipinski definition) is 4. The number of nitrogens with zero attached hydrogens (tertiary/aromatic N) is 1. The fourth-order valence-corrected chi connectivity index (χ4v) is 2.97. The Balaban J connectivity index is 1.66.